The van der Waals surface area contributed by atoms with E-state index < -0.39 is 0 Å². The average molecular weight is 353 g/mol. The number of amides is 1. The van der Waals surface area contributed by atoms with Crippen molar-refractivity contribution in [1.29, 1.82) is 0 Å². The SMILES string of the molecule is C[C@@H](CNC(=O)c1ccc2c(=O)n(C)c(=S)[nH]c2c1)c1ccccc1. The summed E-state index contributed by atoms with van der Waals surface area (Å²) in [5, 5.41) is 3.45. The number of fused-ring (bicyclic) bond motifs is 1. The van der Waals surface area contributed by atoms with Crippen LogP contribution in [0.5, 0.6) is 0 Å². The molecule has 25 heavy (non-hydrogen) atoms. The lowest BCUT2D eigenvalue weighted by Crippen LogP contribution is -2.27. The van der Waals surface area contributed by atoms with Crippen molar-refractivity contribution < 1.29 is 4.79 Å². The van der Waals surface area contributed by atoms with Crippen LogP contribution in [0.4, 0.5) is 0 Å². The molecule has 3 rings (SSSR count). The minimum atomic E-state index is -0.177. The molecule has 0 saturated carbocycles. The lowest BCUT2D eigenvalue weighted by molar-refractivity contribution is 0.0952. The van der Waals surface area contributed by atoms with Crippen molar-refractivity contribution in [3.05, 3.63) is 74.8 Å². The number of hydrogen-bond acceptors (Lipinski definition) is 3. The van der Waals surface area contributed by atoms with E-state index >= 15 is 0 Å². The molecule has 1 atom stereocenters. The van der Waals surface area contributed by atoms with Gasteiger partial charge in [0.15, 0.2) is 4.77 Å². The Morgan fingerprint density at radius 2 is 1.96 bits per heavy atom. The van der Waals surface area contributed by atoms with Crippen LogP contribution < -0.4 is 10.9 Å². The Kier molecular flexibility index (Phi) is 4.81. The zero-order valence-corrected chi connectivity index (χ0v) is 14.9. The van der Waals surface area contributed by atoms with E-state index in [1.54, 1.807) is 25.2 Å². The van der Waals surface area contributed by atoms with Gasteiger partial charge in [0.05, 0.1) is 10.9 Å². The normalized spacial score (nSPS) is 12.1. The van der Waals surface area contributed by atoms with Crippen molar-refractivity contribution in [3.63, 3.8) is 0 Å². The minimum absolute atomic E-state index is 0.176. The molecule has 0 unspecified atom stereocenters. The predicted molar refractivity (Wildman–Crippen MR) is 102 cm³/mol. The summed E-state index contributed by atoms with van der Waals surface area (Å²) < 4.78 is 1.70. The van der Waals surface area contributed by atoms with Gasteiger partial charge < -0.3 is 10.3 Å². The molecular weight excluding hydrogens is 334 g/mol. The summed E-state index contributed by atoms with van der Waals surface area (Å²) in [4.78, 5) is 27.6. The molecular formula is C19H19N3O2S. The summed E-state index contributed by atoms with van der Waals surface area (Å²) in [6.07, 6.45) is 0. The van der Waals surface area contributed by atoms with Crippen LogP contribution >= 0.6 is 12.2 Å². The molecule has 0 aliphatic rings. The number of hydrogen-bond donors (Lipinski definition) is 2. The van der Waals surface area contributed by atoms with Crippen molar-refractivity contribution in [2.75, 3.05) is 6.54 Å². The molecule has 0 aliphatic heterocycles. The zero-order valence-electron chi connectivity index (χ0n) is 14.1. The largest absolute Gasteiger partial charge is 0.351 e. The Hall–Kier alpha value is -2.73. The van der Waals surface area contributed by atoms with E-state index in [1.807, 2.05) is 30.3 Å². The molecule has 0 spiro atoms. The van der Waals surface area contributed by atoms with Crippen molar-refractivity contribution in [3.8, 4) is 0 Å². The van der Waals surface area contributed by atoms with E-state index in [9.17, 15) is 9.59 Å². The van der Waals surface area contributed by atoms with Gasteiger partial charge >= 0.3 is 0 Å². The smallest absolute Gasteiger partial charge is 0.261 e. The second kappa shape index (κ2) is 7.03. The second-order valence-electron chi connectivity index (χ2n) is 6.08. The third-order valence-electron chi connectivity index (χ3n) is 4.30. The predicted octanol–water partition coefficient (Wildman–Crippen LogP) is 3.13. The summed E-state index contributed by atoms with van der Waals surface area (Å²) in [5.74, 6) is 0.0355. The number of aromatic amines is 1. The van der Waals surface area contributed by atoms with Crippen LogP contribution in [0.1, 0.15) is 28.8 Å². The third-order valence-corrected chi connectivity index (χ3v) is 4.68. The van der Waals surface area contributed by atoms with Gasteiger partial charge in [-0.3, -0.25) is 14.2 Å². The van der Waals surface area contributed by atoms with Gasteiger partial charge in [-0.05, 0) is 41.9 Å². The fraction of sp³-hybridized carbons (Fsp3) is 0.211. The van der Waals surface area contributed by atoms with Crippen LogP contribution in [0, 0.1) is 4.77 Å². The topological polar surface area (TPSA) is 66.9 Å². The van der Waals surface area contributed by atoms with Crippen molar-refractivity contribution >= 4 is 29.0 Å². The summed E-state index contributed by atoms with van der Waals surface area (Å²) >= 11 is 5.12. The van der Waals surface area contributed by atoms with Gasteiger partial charge in [0.25, 0.3) is 11.5 Å². The van der Waals surface area contributed by atoms with E-state index in [-0.39, 0.29) is 17.4 Å². The average Bonchev–Trinajstić information content (AvgIpc) is 2.64. The Labute approximate surface area is 150 Å². The molecule has 5 nitrogen and oxygen atoms in total. The van der Waals surface area contributed by atoms with Crippen LogP contribution in [-0.2, 0) is 7.05 Å². The fourth-order valence-corrected chi connectivity index (χ4v) is 2.89. The molecule has 6 heteroatoms. The van der Waals surface area contributed by atoms with Gasteiger partial charge in [-0.25, -0.2) is 0 Å². The minimum Gasteiger partial charge on any atom is -0.351 e. The van der Waals surface area contributed by atoms with Crippen molar-refractivity contribution in [1.82, 2.24) is 14.9 Å². The molecule has 128 valence electrons. The lowest BCUT2D eigenvalue weighted by atomic mass is 10.0. The summed E-state index contributed by atoms with van der Waals surface area (Å²) in [6.45, 7) is 2.60. The van der Waals surface area contributed by atoms with E-state index in [2.05, 4.69) is 17.2 Å². The Balaban J connectivity index is 1.80. The Bertz CT molecular complexity index is 1040. The summed E-state index contributed by atoms with van der Waals surface area (Å²) in [5.41, 5.74) is 2.06. The van der Waals surface area contributed by atoms with Crippen LogP contribution in [0.15, 0.2) is 53.3 Å². The first-order valence-corrected chi connectivity index (χ1v) is 8.44. The van der Waals surface area contributed by atoms with Crippen LogP contribution in [0.25, 0.3) is 10.9 Å². The van der Waals surface area contributed by atoms with E-state index in [0.717, 1.165) is 0 Å². The molecule has 0 aliphatic carbocycles. The Morgan fingerprint density at radius 3 is 2.68 bits per heavy atom. The number of aromatic nitrogens is 2. The molecule has 1 aromatic heterocycles. The number of H-pyrrole nitrogens is 1. The first-order chi connectivity index (χ1) is 12.0. The number of rotatable bonds is 4. The van der Waals surface area contributed by atoms with Crippen LogP contribution in [-0.4, -0.2) is 22.0 Å². The number of carbonyl (C=O) groups is 1. The molecule has 0 saturated heterocycles. The molecule has 1 heterocycles. The molecule has 2 N–H and O–H groups in total. The monoisotopic (exact) mass is 353 g/mol. The highest BCUT2D eigenvalue weighted by Crippen LogP contribution is 2.14. The number of nitrogens with zero attached hydrogens (tertiary/aromatic N) is 1. The first kappa shape index (κ1) is 17.1. The number of nitrogens with one attached hydrogen (secondary N) is 2. The highest BCUT2D eigenvalue weighted by Gasteiger charge is 2.11. The summed E-state index contributed by atoms with van der Waals surface area (Å²) in [7, 11) is 1.62. The highest BCUT2D eigenvalue weighted by atomic mass is 32.1. The number of carbonyl (C=O) groups excluding carboxylic acids is 1. The standard InChI is InChI=1S/C19H19N3O2S/c1-12(13-6-4-3-5-7-13)11-20-17(23)14-8-9-15-16(10-14)21-19(25)22(2)18(15)24/h3-10,12H,11H2,1-2H3,(H,20,23)(H,21,25)/t12-/m0/s1. The van der Waals surface area contributed by atoms with Gasteiger partial charge in [0.2, 0.25) is 0 Å². The maximum atomic E-state index is 12.4. The second-order valence-corrected chi connectivity index (χ2v) is 6.46. The van der Waals surface area contributed by atoms with Gasteiger partial charge in [-0.2, -0.15) is 0 Å². The molecule has 3 aromatic rings. The maximum absolute atomic E-state index is 12.4. The zero-order chi connectivity index (χ0) is 18.0. The van der Waals surface area contributed by atoms with Crippen LogP contribution in [0.2, 0.25) is 0 Å². The third kappa shape index (κ3) is 3.53. The summed E-state index contributed by atoms with van der Waals surface area (Å²) in [6, 6.07) is 15.0. The fourth-order valence-electron chi connectivity index (χ4n) is 2.69. The van der Waals surface area contributed by atoms with Crippen LogP contribution in [0.3, 0.4) is 0 Å². The maximum Gasteiger partial charge on any atom is 0.261 e. The highest BCUT2D eigenvalue weighted by molar-refractivity contribution is 7.71. The molecule has 2 aromatic carbocycles. The van der Waals surface area contributed by atoms with Crippen molar-refractivity contribution in [2.24, 2.45) is 7.05 Å². The molecule has 0 radical (unpaired) electrons. The van der Waals surface area contributed by atoms with Gasteiger partial charge in [0.1, 0.15) is 0 Å². The molecule has 1 amide bonds. The first-order valence-electron chi connectivity index (χ1n) is 8.03. The van der Waals surface area contributed by atoms with Gasteiger partial charge in [-0.1, -0.05) is 37.3 Å². The molecule has 0 fully saturated rings. The molecule has 0 bridgehead atoms. The van der Waals surface area contributed by atoms with E-state index in [4.69, 9.17) is 12.2 Å². The van der Waals surface area contributed by atoms with Gasteiger partial charge in [-0.15, -0.1) is 0 Å². The number of benzene rings is 2. The van der Waals surface area contributed by atoms with Crippen molar-refractivity contribution in [2.45, 2.75) is 12.8 Å². The van der Waals surface area contributed by atoms with E-state index in [0.29, 0.717) is 27.8 Å². The lowest BCUT2D eigenvalue weighted by Gasteiger charge is -2.13. The Morgan fingerprint density at radius 1 is 1.24 bits per heavy atom. The van der Waals surface area contributed by atoms with Gasteiger partial charge in [0, 0.05) is 19.2 Å². The quantitative estimate of drug-likeness (QED) is 0.708. The van der Waals surface area contributed by atoms with E-state index in [1.165, 1.54) is 10.1 Å².